The van der Waals surface area contributed by atoms with E-state index in [0.29, 0.717) is 0 Å². The van der Waals surface area contributed by atoms with E-state index < -0.39 is 17.3 Å². The molecule has 94 valence electrons. The fraction of sp³-hybridized carbons (Fsp3) is 0.154. The van der Waals surface area contributed by atoms with Crippen molar-refractivity contribution in [2.24, 2.45) is 0 Å². The van der Waals surface area contributed by atoms with Gasteiger partial charge in [-0.1, -0.05) is 29.8 Å². The summed E-state index contributed by atoms with van der Waals surface area (Å²) in [6.07, 6.45) is -3.54. The number of benzene rings is 1. The van der Waals surface area contributed by atoms with Gasteiger partial charge in [0.2, 0.25) is 0 Å². The van der Waals surface area contributed by atoms with Crippen LogP contribution in [0.5, 0.6) is 0 Å². The van der Waals surface area contributed by atoms with E-state index in [4.69, 9.17) is 0 Å². The van der Waals surface area contributed by atoms with Crippen molar-refractivity contribution in [2.75, 3.05) is 0 Å². The first kappa shape index (κ1) is 12.4. The quantitative estimate of drug-likeness (QED) is 0.830. The predicted molar refractivity (Wildman–Crippen MR) is 62.2 cm³/mol. The zero-order valence-electron chi connectivity index (χ0n) is 9.51. The van der Waals surface area contributed by atoms with Crippen molar-refractivity contribution >= 4 is 0 Å². The number of aromatic amines is 1. The summed E-state index contributed by atoms with van der Waals surface area (Å²) >= 11 is 0. The van der Waals surface area contributed by atoms with Gasteiger partial charge in [0.25, 0.3) is 5.56 Å². The minimum atomic E-state index is -4.55. The fourth-order valence-corrected chi connectivity index (χ4v) is 1.72. The number of hydrogen-bond acceptors (Lipinski definition) is 1. The lowest BCUT2D eigenvalue weighted by Crippen LogP contribution is -2.17. The lowest BCUT2D eigenvalue weighted by molar-refractivity contribution is -0.137. The van der Waals surface area contributed by atoms with Crippen LogP contribution in [-0.4, -0.2) is 4.98 Å². The monoisotopic (exact) mass is 253 g/mol. The number of alkyl halides is 3. The Morgan fingerprint density at radius 2 is 1.67 bits per heavy atom. The summed E-state index contributed by atoms with van der Waals surface area (Å²) in [7, 11) is 0. The summed E-state index contributed by atoms with van der Waals surface area (Å²) in [5.41, 5.74) is -0.830. The third-order valence-electron chi connectivity index (χ3n) is 2.61. The number of hydrogen-bond donors (Lipinski definition) is 1. The second-order valence-electron chi connectivity index (χ2n) is 3.96. The fourth-order valence-electron chi connectivity index (χ4n) is 1.72. The van der Waals surface area contributed by atoms with E-state index in [1.165, 1.54) is 12.1 Å². The maximum Gasteiger partial charge on any atom is 0.417 e. The molecule has 0 saturated carbocycles. The second kappa shape index (κ2) is 4.33. The largest absolute Gasteiger partial charge is 0.417 e. The van der Waals surface area contributed by atoms with Crippen molar-refractivity contribution in [3.8, 4) is 11.1 Å². The van der Waals surface area contributed by atoms with Gasteiger partial charge in [-0.2, -0.15) is 13.2 Å². The van der Waals surface area contributed by atoms with E-state index in [2.05, 4.69) is 4.98 Å². The Labute approximate surface area is 101 Å². The summed E-state index contributed by atoms with van der Waals surface area (Å²) in [5.74, 6) is 0. The number of halogens is 3. The van der Waals surface area contributed by atoms with Crippen molar-refractivity contribution in [3.63, 3.8) is 0 Å². The molecular weight excluding hydrogens is 243 g/mol. The second-order valence-corrected chi connectivity index (χ2v) is 3.96. The SMILES string of the molecule is Cc1ccc(-c2c(C(F)(F)F)cc[nH]c2=O)cc1. The van der Waals surface area contributed by atoms with Crippen LogP contribution in [0.25, 0.3) is 11.1 Å². The molecule has 0 aliphatic rings. The topological polar surface area (TPSA) is 32.9 Å². The van der Waals surface area contributed by atoms with Gasteiger partial charge >= 0.3 is 6.18 Å². The maximum atomic E-state index is 12.8. The molecule has 5 heteroatoms. The van der Waals surface area contributed by atoms with Crippen LogP contribution in [0.15, 0.2) is 41.3 Å². The molecule has 0 fully saturated rings. The molecule has 0 radical (unpaired) electrons. The number of pyridine rings is 1. The van der Waals surface area contributed by atoms with Crippen LogP contribution in [0.2, 0.25) is 0 Å². The van der Waals surface area contributed by atoms with Crippen molar-refractivity contribution in [3.05, 3.63) is 58.0 Å². The molecule has 1 aromatic heterocycles. The van der Waals surface area contributed by atoms with E-state index in [0.717, 1.165) is 17.8 Å². The zero-order valence-corrected chi connectivity index (χ0v) is 9.51. The molecule has 0 aliphatic carbocycles. The first-order chi connectivity index (χ1) is 8.39. The average Bonchev–Trinajstić information content (AvgIpc) is 2.29. The molecule has 0 amide bonds. The molecule has 2 aromatic rings. The Morgan fingerprint density at radius 3 is 2.22 bits per heavy atom. The maximum absolute atomic E-state index is 12.8. The molecular formula is C13H10F3NO. The van der Waals surface area contributed by atoms with Gasteiger partial charge in [-0.05, 0) is 18.6 Å². The first-order valence-electron chi connectivity index (χ1n) is 5.25. The normalized spacial score (nSPS) is 11.6. The standard InChI is InChI=1S/C13H10F3NO/c1-8-2-4-9(5-3-8)11-10(13(14,15)16)6-7-17-12(11)18/h2-7H,1H3,(H,17,18). The van der Waals surface area contributed by atoms with Gasteiger partial charge < -0.3 is 4.98 Å². The highest BCUT2D eigenvalue weighted by Crippen LogP contribution is 2.34. The predicted octanol–water partition coefficient (Wildman–Crippen LogP) is 3.37. The molecule has 1 N–H and O–H groups in total. The minimum absolute atomic E-state index is 0.259. The Morgan fingerprint density at radius 1 is 1.06 bits per heavy atom. The molecule has 0 unspecified atom stereocenters. The van der Waals surface area contributed by atoms with Gasteiger partial charge in [-0.15, -0.1) is 0 Å². The van der Waals surface area contributed by atoms with Crippen molar-refractivity contribution in [2.45, 2.75) is 13.1 Å². The molecule has 0 aliphatic heterocycles. The number of rotatable bonds is 1. The Balaban J connectivity index is 2.70. The summed E-state index contributed by atoms with van der Waals surface area (Å²) in [5, 5.41) is 0. The highest BCUT2D eigenvalue weighted by Gasteiger charge is 2.34. The molecule has 0 saturated heterocycles. The summed E-state index contributed by atoms with van der Waals surface area (Å²) in [6, 6.07) is 7.23. The van der Waals surface area contributed by atoms with Crippen molar-refractivity contribution in [1.82, 2.24) is 4.98 Å². The Bertz CT molecular complexity index is 611. The van der Waals surface area contributed by atoms with Crippen LogP contribution in [-0.2, 0) is 6.18 Å². The summed E-state index contributed by atoms with van der Waals surface area (Å²) in [4.78, 5) is 13.9. The molecule has 0 bridgehead atoms. The van der Waals surface area contributed by atoms with Gasteiger partial charge in [-0.25, -0.2) is 0 Å². The Hall–Kier alpha value is -2.04. The molecule has 18 heavy (non-hydrogen) atoms. The summed E-state index contributed by atoms with van der Waals surface area (Å²) in [6.45, 7) is 1.82. The molecule has 2 nitrogen and oxygen atoms in total. The third-order valence-corrected chi connectivity index (χ3v) is 2.61. The zero-order chi connectivity index (χ0) is 13.3. The Kier molecular flexibility index (Phi) is 2.98. The molecule has 1 aromatic carbocycles. The van der Waals surface area contributed by atoms with Crippen molar-refractivity contribution in [1.29, 1.82) is 0 Å². The van der Waals surface area contributed by atoms with E-state index in [1.807, 2.05) is 6.92 Å². The molecule has 0 spiro atoms. The number of nitrogens with one attached hydrogen (secondary N) is 1. The van der Waals surface area contributed by atoms with E-state index in [-0.39, 0.29) is 11.1 Å². The van der Waals surface area contributed by atoms with Gasteiger partial charge in [-0.3, -0.25) is 4.79 Å². The van der Waals surface area contributed by atoms with Gasteiger partial charge in [0.05, 0.1) is 11.1 Å². The summed E-state index contributed by atoms with van der Waals surface area (Å²) < 4.78 is 38.5. The lowest BCUT2D eigenvalue weighted by atomic mass is 10.0. The highest BCUT2D eigenvalue weighted by molar-refractivity contribution is 5.67. The molecule has 0 atom stereocenters. The number of H-pyrrole nitrogens is 1. The van der Waals surface area contributed by atoms with Crippen LogP contribution in [0, 0.1) is 6.92 Å². The minimum Gasteiger partial charge on any atom is -0.329 e. The van der Waals surface area contributed by atoms with Gasteiger partial charge in [0.15, 0.2) is 0 Å². The van der Waals surface area contributed by atoms with E-state index in [9.17, 15) is 18.0 Å². The first-order valence-corrected chi connectivity index (χ1v) is 5.25. The lowest BCUT2D eigenvalue weighted by Gasteiger charge is -2.11. The van der Waals surface area contributed by atoms with Crippen LogP contribution in [0.3, 0.4) is 0 Å². The average molecular weight is 253 g/mol. The van der Waals surface area contributed by atoms with Crippen LogP contribution in [0.1, 0.15) is 11.1 Å². The van der Waals surface area contributed by atoms with Gasteiger partial charge in [0, 0.05) is 6.20 Å². The van der Waals surface area contributed by atoms with Crippen LogP contribution < -0.4 is 5.56 Å². The smallest absolute Gasteiger partial charge is 0.329 e. The van der Waals surface area contributed by atoms with Crippen LogP contribution in [0.4, 0.5) is 13.2 Å². The van der Waals surface area contributed by atoms with Crippen LogP contribution >= 0.6 is 0 Å². The van der Waals surface area contributed by atoms with E-state index >= 15 is 0 Å². The van der Waals surface area contributed by atoms with E-state index in [1.54, 1.807) is 12.1 Å². The number of aromatic nitrogens is 1. The van der Waals surface area contributed by atoms with Gasteiger partial charge in [0.1, 0.15) is 0 Å². The van der Waals surface area contributed by atoms with Crippen molar-refractivity contribution < 1.29 is 13.2 Å². The number of aryl methyl sites for hydroxylation is 1. The highest BCUT2D eigenvalue weighted by atomic mass is 19.4. The molecule has 2 rings (SSSR count). The molecule has 1 heterocycles. The third kappa shape index (κ3) is 2.30.